The number of carboxylic acids is 2. The summed E-state index contributed by atoms with van der Waals surface area (Å²) < 4.78 is 0. The largest absolute Gasteiger partial charge is 0.481 e. The third-order valence-electron chi connectivity index (χ3n) is 11.2. The van der Waals surface area contributed by atoms with Crippen LogP contribution in [0.15, 0.2) is 65.8 Å². The third kappa shape index (κ3) is 16.1. The Labute approximate surface area is 390 Å². The van der Waals surface area contributed by atoms with E-state index in [9.17, 15) is 58.5 Å². The molecular weight excluding hydrogens is 889 g/mol. The molecule has 17 N–H and O–H groups in total. The van der Waals surface area contributed by atoms with Gasteiger partial charge in [0.2, 0.25) is 41.4 Å². The average Bonchev–Trinajstić information content (AvgIpc) is 3.97. The van der Waals surface area contributed by atoms with Crippen molar-refractivity contribution in [1.29, 1.82) is 0 Å². The molecule has 0 aliphatic carbocycles. The number of guanidine groups is 1. The van der Waals surface area contributed by atoms with Gasteiger partial charge in [0.05, 0.1) is 6.61 Å². The van der Waals surface area contributed by atoms with E-state index in [1.165, 1.54) is 4.90 Å². The summed E-state index contributed by atoms with van der Waals surface area (Å²) in [6, 6.07) is 5.62. The first-order valence-corrected chi connectivity index (χ1v) is 21.9. The molecule has 0 unspecified atom stereocenters. The number of aliphatic hydroxyl groups is 1. The van der Waals surface area contributed by atoms with E-state index in [0.717, 1.165) is 10.9 Å². The van der Waals surface area contributed by atoms with Crippen LogP contribution in [-0.2, 0) is 56.0 Å². The lowest BCUT2D eigenvalue weighted by Gasteiger charge is -2.29. The molecule has 7 atom stereocenters. The number of H-pyrrole nitrogens is 1. The first-order valence-electron chi connectivity index (χ1n) is 21.9. The number of fused-ring (bicyclic) bond motifs is 1. The SMILES string of the molecule is NC(=O)CC[C@H](NC(=O)[C@@H](N)CO)C(=O)N[C@@H](CCC(=O)O)C(=O)N[C@@H](Cc1ccccc1)C(=O)N[C@@H](CCCN=C(N)N)C(=O)N[C@@H](Cc1c[nH]c2ccccc12)C(=O)N1CCC[C@H]1C(=O)O. The lowest BCUT2D eigenvalue weighted by Crippen LogP contribution is -2.60. The Morgan fingerprint density at radius 3 is 1.87 bits per heavy atom. The van der Waals surface area contributed by atoms with E-state index in [1.807, 2.05) is 18.2 Å². The average molecular weight is 949 g/mol. The molecule has 0 bridgehead atoms. The number of nitrogens with one attached hydrogen (secondary N) is 6. The molecule has 3 aromatic rings. The number of nitrogens with zero attached hydrogens (tertiary/aromatic N) is 2. The standard InChI is InChI=1S/C44H60N12O12/c45-27(23-57)37(61)51-30(14-16-35(46)58)39(63)53-31(15-17-36(59)60)40(64)54-32(20-24-8-2-1-3-9-24)41(65)52-29(12-6-18-49-44(47)48)38(62)55-33(42(66)56-19-7-13-34(56)43(67)68)21-25-22-50-28-11-5-4-10-26(25)28/h1-5,8-11,22,27,29-34,50,57H,6-7,12-21,23,45H2,(H2,46,58)(H,51,61)(H,52,65)(H,53,63)(H,54,64)(H,55,62)(H,59,60)(H,67,68)(H4,47,48,49)/t27-,29-,30-,31-,32-,33-,34-/m0/s1. The Hall–Kier alpha value is -7.60. The topological polar surface area (TPSA) is 410 Å². The summed E-state index contributed by atoms with van der Waals surface area (Å²) in [5.74, 6) is -9.09. The normalized spacial score (nSPS) is 15.9. The van der Waals surface area contributed by atoms with Crippen molar-refractivity contribution in [3.05, 3.63) is 71.9 Å². The first kappa shape index (κ1) is 53.0. The van der Waals surface area contributed by atoms with Crippen LogP contribution in [0.5, 0.6) is 0 Å². The van der Waals surface area contributed by atoms with Crippen LogP contribution >= 0.6 is 0 Å². The highest BCUT2D eigenvalue weighted by Gasteiger charge is 2.39. The van der Waals surface area contributed by atoms with Gasteiger partial charge in [0.25, 0.3) is 0 Å². The predicted molar refractivity (Wildman–Crippen MR) is 244 cm³/mol. The highest BCUT2D eigenvalue weighted by Crippen LogP contribution is 2.23. The second kappa shape index (κ2) is 25.9. The van der Waals surface area contributed by atoms with Crippen LogP contribution in [0.4, 0.5) is 0 Å². The van der Waals surface area contributed by atoms with Crippen molar-refractivity contribution in [3.8, 4) is 0 Å². The van der Waals surface area contributed by atoms with E-state index in [2.05, 4.69) is 36.6 Å². The molecule has 2 aromatic carbocycles. The van der Waals surface area contributed by atoms with Crippen LogP contribution in [0.2, 0.25) is 0 Å². The van der Waals surface area contributed by atoms with Gasteiger partial charge in [0.1, 0.15) is 42.3 Å². The number of aliphatic hydroxyl groups excluding tert-OH is 1. The zero-order valence-corrected chi connectivity index (χ0v) is 37.2. The molecule has 1 fully saturated rings. The Kier molecular flexibility index (Phi) is 20.2. The summed E-state index contributed by atoms with van der Waals surface area (Å²) in [6.45, 7) is -0.640. The molecule has 1 saturated heterocycles. The summed E-state index contributed by atoms with van der Waals surface area (Å²) in [7, 11) is 0. The number of carbonyl (C=O) groups is 9. The smallest absolute Gasteiger partial charge is 0.326 e. The predicted octanol–water partition coefficient (Wildman–Crippen LogP) is -3.04. The summed E-state index contributed by atoms with van der Waals surface area (Å²) in [5.41, 5.74) is 23.8. The number of rotatable bonds is 27. The summed E-state index contributed by atoms with van der Waals surface area (Å²) >= 11 is 0. The van der Waals surface area contributed by atoms with Gasteiger partial charge in [-0.25, -0.2) is 4.79 Å². The molecule has 1 aliphatic rings. The minimum absolute atomic E-state index is 0.0235. The Morgan fingerprint density at radius 2 is 1.26 bits per heavy atom. The summed E-state index contributed by atoms with van der Waals surface area (Å²) in [4.78, 5) is 127. The Morgan fingerprint density at radius 1 is 0.706 bits per heavy atom. The van der Waals surface area contributed by atoms with E-state index in [4.69, 9.17) is 22.9 Å². The van der Waals surface area contributed by atoms with Crippen molar-refractivity contribution >= 4 is 70.2 Å². The number of benzene rings is 2. The van der Waals surface area contributed by atoms with Gasteiger partial charge in [-0.15, -0.1) is 0 Å². The number of para-hydroxylation sites is 1. The van der Waals surface area contributed by atoms with Gasteiger partial charge in [-0.2, -0.15) is 0 Å². The zero-order valence-electron chi connectivity index (χ0n) is 37.2. The fraction of sp³-hybridized carbons (Fsp3) is 0.455. The van der Waals surface area contributed by atoms with Gasteiger partial charge in [-0.05, 0) is 55.7 Å². The summed E-state index contributed by atoms with van der Waals surface area (Å²) in [5, 5.41) is 42.2. The Bertz CT molecular complexity index is 2300. The van der Waals surface area contributed by atoms with Crippen LogP contribution < -0.4 is 49.5 Å². The van der Waals surface area contributed by atoms with Crippen molar-refractivity contribution in [2.45, 2.75) is 107 Å². The van der Waals surface area contributed by atoms with Crippen LogP contribution in [0.3, 0.4) is 0 Å². The zero-order chi connectivity index (χ0) is 49.9. The van der Waals surface area contributed by atoms with Crippen LogP contribution in [-0.4, -0.2) is 146 Å². The second-order valence-electron chi connectivity index (χ2n) is 16.3. The van der Waals surface area contributed by atoms with E-state index in [1.54, 1.807) is 42.6 Å². The maximum Gasteiger partial charge on any atom is 0.326 e. The monoisotopic (exact) mass is 948 g/mol. The minimum Gasteiger partial charge on any atom is -0.481 e. The number of likely N-dealkylation sites (tertiary alicyclic amines) is 1. The molecule has 0 saturated carbocycles. The van der Waals surface area contributed by atoms with Gasteiger partial charge < -0.3 is 74.7 Å². The van der Waals surface area contributed by atoms with Crippen LogP contribution in [0.1, 0.15) is 62.5 Å². The second-order valence-corrected chi connectivity index (χ2v) is 16.3. The molecule has 4 rings (SSSR count). The number of hydrogen-bond donors (Lipinski definition) is 13. The van der Waals surface area contributed by atoms with E-state index in [0.29, 0.717) is 17.5 Å². The molecule has 1 aromatic heterocycles. The van der Waals surface area contributed by atoms with Crippen molar-refractivity contribution in [3.63, 3.8) is 0 Å². The molecular formula is C44H60N12O12. The van der Waals surface area contributed by atoms with Crippen molar-refractivity contribution in [1.82, 2.24) is 36.5 Å². The van der Waals surface area contributed by atoms with E-state index < -0.39 is 121 Å². The molecule has 24 heteroatoms. The number of aliphatic carboxylic acids is 2. The number of aliphatic imine (C=N–C) groups is 1. The van der Waals surface area contributed by atoms with Gasteiger partial charge in [0, 0.05) is 55.9 Å². The van der Waals surface area contributed by atoms with Crippen molar-refractivity contribution < 1.29 is 58.5 Å². The first-order chi connectivity index (χ1) is 32.4. The molecule has 7 amide bonds. The van der Waals surface area contributed by atoms with E-state index >= 15 is 0 Å². The fourth-order valence-corrected chi connectivity index (χ4v) is 7.58. The molecule has 1 aliphatic heterocycles. The summed E-state index contributed by atoms with van der Waals surface area (Å²) in [6.07, 6.45) is 0.133. The maximum atomic E-state index is 14.4. The Balaban J connectivity index is 1.66. The number of aromatic nitrogens is 1. The number of hydrogen-bond acceptors (Lipinski definition) is 12. The molecule has 0 radical (unpaired) electrons. The minimum atomic E-state index is -1.65. The molecule has 68 heavy (non-hydrogen) atoms. The van der Waals surface area contributed by atoms with Gasteiger partial charge in [-0.1, -0.05) is 48.5 Å². The molecule has 24 nitrogen and oxygen atoms in total. The van der Waals surface area contributed by atoms with Crippen molar-refractivity contribution in [2.75, 3.05) is 19.7 Å². The third-order valence-corrected chi connectivity index (χ3v) is 11.2. The van der Waals surface area contributed by atoms with Gasteiger partial charge >= 0.3 is 11.9 Å². The highest BCUT2D eigenvalue weighted by molar-refractivity contribution is 5.98. The van der Waals surface area contributed by atoms with Crippen molar-refractivity contribution in [2.24, 2.45) is 27.9 Å². The fourth-order valence-electron chi connectivity index (χ4n) is 7.58. The quantitative estimate of drug-likeness (QED) is 0.0205. The number of amides is 7. The van der Waals surface area contributed by atoms with E-state index in [-0.39, 0.29) is 57.6 Å². The molecule has 0 spiro atoms. The lowest BCUT2D eigenvalue weighted by molar-refractivity contribution is -0.149. The number of carboxylic acid groups (broad SMARTS) is 2. The van der Waals surface area contributed by atoms with Crippen LogP contribution in [0, 0.1) is 0 Å². The number of nitrogens with two attached hydrogens (primary N) is 4. The van der Waals surface area contributed by atoms with Crippen LogP contribution in [0.25, 0.3) is 10.9 Å². The molecule has 2 heterocycles. The maximum absolute atomic E-state index is 14.4. The van der Waals surface area contributed by atoms with Gasteiger partial charge in [0.15, 0.2) is 5.96 Å². The molecule has 368 valence electrons. The lowest BCUT2D eigenvalue weighted by atomic mass is 10.0. The number of aromatic amines is 1. The van der Waals surface area contributed by atoms with Gasteiger partial charge in [-0.3, -0.25) is 43.3 Å². The highest BCUT2D eigenvalue weighted by atomic mass is 16.4. The number of carbonyl (C=O) groups excluding carboxylic acids is 7. The number of primary amides is 1.